The molecule has 194 valence electrons. The van der Waals surface area contributed by atoms with Crippen LogP contribution in [0.4, 0.5) is 0 Å². The minimum absolute atomic E-state index is 0.0272. The van der Waals surface area contributed by atoms with Gasteiger partial charge in [0.1, 0.15) is 0 Å². The number of aromatic nitrogens is 2. The molecule has 2 heterocycles. The number of hydrazone groups is 1. The van der Waals surface area contributed by atoms with E-state index in [1.54, 1.807) is 0 Å². The minimum Gasteiger partial charge on any atom is -0.455 e. The standard InChI is InChI=1S/C30H30N4O3S/c1-20-16-21(2)32-30(31-20)38-19-27(36)37-18-26(35)34-29(23-12-7-4-8-13-23)25-15-9-14-24(28(25)33-34)17-22-10-5-3-6-11-22/h3-8,10-13,16-17,25,29H,9,14-15,18-19H2,1-2H3/b24-17+/t25-,29-/m0/s1. The quantitative estimate of drug-likeness (QED) is 0.228. The molecule has 0 unspecified atom stereocenters. The summed E-state index contributed by atoms with van der Waals surface area (Å²) in [5.41, 5.74) is 5.93. The Morgan fingerprint density at radius 3 is 2.42 bits per heavy atom. The molecule has 2 aromatic carbocycles. The summed E-state index contributed by atoms with van der Waals surface area (Å²) >= 11 is 1.20. The highest BCUT2D eigenvalue weighted by Crippen LogP contribution is 2.44. The van der Waals surface area contributed by atoms with E-state index < -0.39 is 5.97 Å². The molecule has 7 nitrogen and oxygen atoms in total. The molecule has 2 atom stereocenters. The average molecular weight is 527 g/mol. The van der Waals surface area contributed by atoms with E-state index in [4.69, 9.17) is 9.84 Å². The third kappa shape index (κ3) is 6.02. The number of carbonyl (C=O) groups is 2. The molecule has 3 aromatic rings. The molecule has 1 amide bonds. The molecule has 38 heavy (non-hydrogen) atoms. The van der Waals surface area contributed by atoms with Crippen LogP contribution in [0.15, 0.2) is 82.6 Å². The lowest BCUT2D eigenvalue weighted by molar-refractivity contribution is -0.151. The van der Waals surface area contributed by atoms with Gasteiger partial charge in [-0.05, 0) is 62.0 Å². The van der Waals surface area contributed by atoms with Crippen molar-refractivity contribution >= 4 is 35.4 Å². The molecule has 1 aliphatic heterocycles. The molecule has 1 aliphatic carbocycles. The number of amides is 1. The predicted molar refractivity (Wildman–Crippen MR) is 148 cm³/mol. The molecule has 0 radical (unpaired) electrons. The van der Waals surface area contributed by atoms with E-state index in [1.807, 2.05) is 68.4 Å². The first-order valence-corrected chi connectivity index (χ1v) is 13.8. The van der Waals surface area contributed by atoms with E-state index in [1.165, 1.54) is 16.8 Å². The number of hydrogen-bond donors (Lipinski definition) is 0. The van der Waals surface area contributed by atoms with Gasteiger partial charge >= 0.3 is 5.97 Å². The molecule has 2 aliphatic rings. The monoisotopic (exact) mass is 526 g/mol. The summed E-state index contributed by atoms with van der Waals surface area (Å²) in [5, 5.41) is 6.90. The fourth-order valence-electron chi connectivity index (χ4n) is 5.07. The summed E-state index contributed by atoms with van der Waals surface area (Å²) in [6.07, 6.45) is 5.06. The second kappa shape index (κ2) is 11.7. The first kappa shape index (κ1) is 25.9. The van der Waals surface area contributed by atoms with E-state index >= 15 is 0 Å². The number of ether oxygens (including phenoxy) is 1. The second-order valence-electron chi connectivity index (χ2n) is 9.54. The maximum absolute atomic E-state index is 13.4. The van der Waals surface area contributed by atoms with Crippen LogP contribution >= 0.6 is 11.8 Å². The highest BCUT2D eigenvalue weighted by Gasteiger charge is 2.43. The van der Waals surface area contributed by atoms with Crippen molar-refractivity contribution in [1.82, 2.24) is 15.0 Å². The smallest absolute Gasteiger partial charge is 0.316 e. The van der Waals surface area contributed by atoms with E-state index in [2.05, 4.69) is 28.2 Å². The summed E-state index contributed by atoms with van der Waals surface area (Å²) in [5.74, 6) is -0.700. The van der Waals surface area contributed by atoms with Crippen molar-refractivity contribution < 1.29 is 14.3 Å². The molecular weight excluding hydrogens is 496 g/mol. The molecule has 1 saturated carbocycles. The van der Waals surface area contributed by atoms with Gasteiger partial charge in [-0.1, -0.05) is 72.4 Å². The Hall–Kier alpha value is -3.78. The highest BCUT2D eigenvalue weighted by molar-refractivity contribution is 7.99. The SMILES string of the molecule is Cc1cc(C)nc(SCC(=O)OCC(=O)N2N=C3/C(=C/c4ccccc4)CCC[C@@H]3[C@@H]2c2ccccc2)n1. The summed E-state index contributed by atoms with van der Waals surface area (Å²) in [6.45, 7) is 3.40. The van der Waals surface area contributed by atoms with Crippen LogP contribution in [0.5, 0.6) is 0 Å². The Labute approximate surface area is 227 Å². The van der Waals surface area contributed by atoms with Crippen LogP contribution in [0.2, 0.25) is 0 Å². The Balaban J connectivity index is 1.31. The van der Waals surface area contributed by atoms with Gasteiger partial charge in [-0.3, -0.25) is 9.59 Å². The highest BCUT2D eigenvalue weighted by atomic mass is 32.2. The Morgan fingerprint density at radius 2 is 1.71 bits per heavy atom. The van der Waals surface area contributed by atoms with Crippen LogP contribution in [0.1, 0.15) is 47.8 Å². The lowest BCUT2D eigenvalue weighted by Gasteiger charge is -2.29. The third-order valence-electron chi connectivity index (χ3n) is 6.68. The van der Waals surface area contributed by atoms with Gasteiger partial charge in [0.05, 0.1) is 17.5 Å². The number of hydrogen-bond acceptors (Lipinski definition) is 7. The molecule has 0 saturated heterocycles. The first-order chi connectivity index (χ1) is 18.5. The lowest BCUT2D eigenvalue weighted by atomic mass is 9.77. The largest absolute Gasteiger partial charge is 0.455 e. The Kier molecular flexibility index (Phi) is 7.98. The van der Waals surface area contributed by atoms with Crippen LogP contribution in [0.3, 0.4) is 0 Å². The first-order valence-electron chi connectivity index (χ1n) is 12.8. The van der Waals surface area contributed by atoms with Crippen molar-refractivity contribution in [1.29, 1.82) is 0 Å². The lowest BCUT2D eigenvalue weighted by Crippen LogP contribution is -2.34. The van der Waals surface area contributed by atoms with E-state index in [0.717, 1.165) is 53.1 Å². The number of nitrogens with zero attached hydrogens (tertiary/aromatic N) is 4. The Morgan fingerprint density at radius 1 is 1.03 bits per heavy atom. The average Bonchev–Trinajstić information content (AvgIpc) is 3.32. The van der Waals surface area contributed by atoms with Crippen molar-refractivity contribution in [3.05, 3.63) is 94.8 Å². The van der Waals surface area contributed by atoms with Crippen molar-refractivity contribution in [2.75, 3.05) is 12.4 Å². The minimum atomic E-state index is -0.490. The molecule has 1 fully saturated rings. The van der Waals surface area contributed by atoms with Crippen molar-refractivity contribution in [3.63, 3.8) is 0 Å². The van der Waals surface area contributed by atoms with Gasteiger partial charge < -0.3 is 4.74 Å². The number of allylic oxidation sites excluding steroid dienone is 1. The second-order valence-corrected chi connectivity index (χ2v) is 10.5. The van der Waals surface area contributed by atoms with Gasteiger partial charge in [-0.2, -0.15) is 5.10 Å². The van der Waals surface area contributed by atoms with Gasteiger partial charge in [0.2, 0.25) is 0 Å². The fourth-order valence-corrected chi connectivity index (χ4v) is 5.82. The van der Waals surface area contributed by atoms with E-state index in [0.29, 0.717) is 5.16 Å². The van der Waals surface area contributed by atoms with Gasteiger partial charge in [0, 0.05) is 17.3 Å². The van der Waals surface area contributed by atoms with Gasteiger partial charge in [-0.25, -0.2) is 15.0 Å². The van der Waals surface area contributed by atoms with Gasteiger partial charge in [0.15, 0.2) is 11.8 Å². The zero-order chi connectivity index (χ0) is 26.5. The number of thioether (sulfide) groups is 1. The number of aryl methyl sites for hydroxylation is 2. The molecule has 0 N–H and O–H groups in total. The molecule has 0 spiro atoms. The number of fused-ring (bicyclic) bond motifs is 1. The number of carbonyl (C=O) groups excluding carboxylic acids is 2. The van der Waals surface area contributed by atoms with Crippen molar-refractivity contribution in [2.24, 2.45) is 11.0 Å². The molecule has 5 rings (SSSR count). The van der Waals surface area contributed by atoms with Gasteiger partial charge in [0.25, 0.3) is 5.91 Å². The predicted octanol–water partition coefficient (Wildman–Crippen LogP) is 5.55. The van der Waals surface area contributed by atoms with Crippen LogP contribution in [0.25, 0.3) is 6.08 Å². The van der Waals surface area contributed by atoms with E-state index in [9.17, 15) is 9.59 Å². The van der Waals surface area contributed by atoms with Crippen molar-refractivity contribution in [3.8, 4) is 0 Å². The Bertz CT molecular complexity index is 1350. The number of benzene rings is 2. The third-order valence-corrected chi connectivity index (χ3v) is 7.50. The van der Waals surface area contributed by atoms with Gasteiger partial charge in [-0.15, -0.1) is 0 Å². The maximum Gasteiger partial charge on any atom is 0.316 e. The molecule has 8 heteroatoms. The molecular formula is C30H30N4O3S. The summed E-state index contributed by atoms with van der Waals surface area (Å²) in [7, 11) is 0. The maximum atomic E-state index is 13.4. The van der Waals surface area contributed by atoms with Crippen LogP contribution in [0, 0.1) is 19.8 Å². The molecule has 1 aromatic heterocycles. The zero-order valence-corrected chi connectivity index (χ0v) is 22.4. The summed E-state index contributed by atoms with van der Waals surface area (Å²) < 4.78 is 5.37. The molecule has 0 bridgehead atoms. The van der Waals surface area contributed by atoms with Crippen molar-refractivity contribution in [2.45, 2.75) is 44.3 Å². The van der Waals surface area contributed by atoms with Crippen LogP contribution < -0.4 is 0 Å². The topological polar surface area (TPSA) is 84.8 Å². The van der Waals surface area contributed by atoms with Crippen LogP contribution in [-0.2, 0) is 14.3 Å². The zero-order valence-electron chi connectivity index (χ0n) is 21.5. The summed E-state index contributed by atoms with van der Waals surface area (Å²) in [4.78, 5) is 34.5. The number of rotatable bonds is 7. The fraction of sp³-hybridized carbons (Fsp3) is 0.300. The summed E-state index contributed by atoms with van der Waals surface area (Å²) in [6, 6.07) is 21.8. The number of esters is 1. The normalized spacial score (nSPS) is 19.7. The van der Waals surface area contributed by atoms with E-state index in [-0.39, 0.29) is 30.2 Å². The van der Waals surface area contributed by atoms with Crippen LogP contribution in [-0.4, -0.2) is 44.9 Å².